The molecule has 1 heterocycles. The van der Waals surface area contributed by atoms with E-state index in [9.17, 15) is 5.26 Å². The number of rotatable bonds is 4. The Balaban J connectivity index is 2.36. The summed E-state index contributed by atoms with van der Waals surface area (Å²) < 4.78 is 0. The minimum atomic E-state index is 0.348. The zero-order valence-electron chi connectivity index (χ0n) is 13.4. The molecule has 0 radical (unpaired) electrons. The molecule has 1 aromatic rings. The second kappa shape index (κ2) is 6.91. The molecule has 0 unspecified atom stereocenters. The van der Waals surface area contributed by atoms with Gasteiger partial charge in [-0.25, -0.2) is 0 Å². The van der Waals surface area contributed by atoms with Gasteiger partial charge in [0.05, 0.1) is 16.9 Å². The van der Waals surface area contributed by atoms with Gasteiger partial charge >= 0.3 is 0 Å². The molecule has 2 N–H and O–H groups in total. The molecule has 114 valence electrons. The SMILES string of the molecule is CCCN(c1cc(C)nc(C)c1C#N)C1CCC(N)CC1. The molecular formula is C17H26N4. The third kappa shape index (κ3) is 3.54. The number of nitriles is 1. The lowest BCUT2D eigenvalue weighted by atomic mass is 9.90. The van der Waals surface area contributed by atoms with Gasteiger partial charge in [0.25, 0.3) is 0 Å². The Labute approximate surface area is 128 Å². The van der Waals surface area contributed by atoms with Gasteiger partial charge in [-0.1, -0.05) is 6.92 Å². The maximum absolute atomic E-state index is 9.51. The van der Waals surface area contributed by atoms with Crippen molar-refractivity contribution < 1.29 is 0 Å². The predicted molar refractivity (Wildman–Crippen MR) is 86.3 cm³/mol. The number of hydrogen-bond acceptors (Lipinski definition) is 4. The van der Waals surface area contributed by atoms with E-state index >= 15 is 0 Å². The van der Waals surface area contributed by atoms with Gasteiger partial charge < -0.3 is 10.6 Å². The first-order valence-electron chi connectivity index (χ1n) is 7.97. The fourth-order valence-corrected chi connectivity index (χ4v) is 3.33. The van der Waals surface area contributed by atoms with E-state index in [1.807, 2.05) is 13.8 Å². The third-order valence-corrected chi connectivity index (χ3v) is 4.38. The Morgan fingerprint density at radius 3 is 2.57 bits per heavy atom. The molecular weight excluding hydrogens is 260 g/mol. The predicted octanol–water partition coefficient (Wildman–Crippen LogP) is 3.06. The van der Waals surface area contributed by atoms with Crippen molar-refractivity contribution in [3.8, 4) is 6.07 Å². The number of pyridine rings is 1. The number of aromatic nitrogens is 1. The van der Waals surface area contributed by atoms with Gasteiger partial charge in [-0.15, -0.1) is 0 Å². The quantitative estimate of drug-likeness (QED) is 0.923. The Hall–Kier alpha value is -1.60. The Morgan fingerprint density at radius 1 is 1.33 bits per heavy atom. The van der Waals surface area contributed by atoms with Crippen LogP contribution in [0.3, 0.4) is 0 Å². The summed E-state index contributed by atoms with van der Waals surface area (Å²) in [6.45, 7) is 7.10. The number of aryl methyl sites for hydroxylation is 2. The minimum Gasteiger partial charge on any atom is -0.367 e. The zero-order valence-corrected chi connectivity index (χ0v) is 13.4. The molecule has 0 amide bonds. The van der Waals surface area contributed by atoms with Crippen LogP contribution in [0.4, 0.5) is 5.69 Å². The highest BCUT2D eigenvalue weighted by Crippen LogP contribution is 2.31. The van der Waals surface area contributed by atoms with E-state index in [1.54, 1.807) is 0 Å². The van der Waals surface area contributed by atoms with E-state index in [2.05, 4.69) is 28.9 Å². The fourth-order valence-electron chi connectivity index (χ4n) is 3.33. The third-order valence-electron chi connectivity index (χ3n) is 4.38. The van der Waals surface area contributed by atoms with E-state index in [0.29, 0.717) is 12.1 Å². The van der Waals surface area contributed by atoms with Crippen molar-refractivity contribution in [1.82, 2.24) is 4.98 Å². The van der Waals surface area contributed by atoms with Gasteiger partial charge in [-0.3, -0.25) is 4.98 Å². The number of nitrogens with zero attached hydrogens (tertiary/aromatic N) is 3. The van der Waals surface area contributed by atoms with E-state index in [4.69, 9.17) is 5.73 Å². The molecule has 1 aliphatic rings. The molecule has 0 bridgehead atoms. The second-order valence-electron chi connectivity index (χ2n) is 6.12. The van der Waals surface area contributed by atoms with Crippen molar-refractivity contribution >= 4 is 5.69 Å². The highest BCUT2D eigenvalue weighted by Gasteiger charge is 2.26. The normalized spacial score (nSPS) is 21.9. The van der Waals surface area contributed by atoms with Gasteiger partial charge in [0.15, 0.2) is 0 Å². The molecule has 21 heavy (non-hydrogen) atoms. The molecule has 4 nitrogen and oxygen atoms in total. The van der Waals surface area contributed by atoms with E-state index in [-0.39, 0.29) is 0 Å². The molecule has 1 aromatic heterocycles. The molecule has 0 spiro atoms. The van der Waals surface area contributed by atoms with Gasteiger partial charge in [0.2, 0.25) is 0 Å². The van der Waals surface area contributed by atoms with Crippen molar-refractivity contribution in [2.75, 3.05) is 11.4 Å². The Morgan fingerprint density at radius 2 is 2.00 bits per heavy atom. The summed E-state index contributed by atoms with van der Waals surface area (Å²) in [5.74, 6) is 0. The Bertz CT molecular complexity index is 524. The van der Waals surface area contributed by atoms with Crippen molar-refractivity contribution in [3.63, 3.8) is 0 Å². The van der Waals surface area contributed by atoms with Crippen LogP contribution in [0.2, 0.25) is 0 Å². The van der Waals surface area contributed by atoms with Crippen molar-refractivity contribution in [1.29, 1.82) is 5.26 Å². The highest BCUT2D eigenvalue weighted by molar-refractivity contribution is 5.62. The van der Waals surface area contributed by atoms with Crippen LogP contribution in [0.1, 0.15) is 56.0 Å². The van der Waals surface area contributed by atoms with Gasteiger partial charge in [-0.2, -0.15) is 5.26 Å². The summed E-state index contributed by atoms with van der Waals surface area (Å²) in [6.07, 6.45) is 5.47. The summed E-state index contributed by atoms with van der Waals surface area (Å²) in [7, 11) is 0. The second-order valence-corrected chi connectivity index (χ2v) is 6.12. The number of nitrogens with two attached hydrogens (primary N) is 1. The summed E-state index contributed by atoms with van der Waals surface area (Å²) in [5.41, 5.74) is 9.64. The van der Waals surface area contributed by atoms with Crippen LogP contribution in [-0.4, -0.2) is 23.6 Å². The van der Waals surface area contributed by atoms with Crippen LogP contribution in [0.15, 0.2) is 6.07 Å². The molecule has 0 aromatic carbocycles. The van der Waals surface area contributed by atoms with Gasteiger partial charge in [0.1, 0.15) is 6.07 Å². The monoisotopic (exact) mass is 286 g/mol. The maximum atomic E-state index is 9.51. The molecule has 1 saturated carbocycles. The van der Waals surface area contributed by atoms with Crippen LogP contribution < -0.4 is 10.6 Å². The van der Waals surface area contributed by atoms with Crippen LogP contribution in [-0.2, 0) is 0 Å². The van der Waals surface area contributed by atoms with E-state index < -0.39 is 0 Å². The minimum absolute atomic E-state index is 0.348. The maximum Gasteiger partial charge on any atom is 0.103 e. The molecule has 2 rings (SSSR count). The molecule has 4 heteroatoms. The lowest BCUT2D eigenvalue weighted by molar-refractivity contribution is 0.375. The van der Waals surface area contributed by atoms with Crippen molar-refractivity contribution in [2.24, 2.45) is 5.73 Å². The number of hydrogen-bond donors (Lipinski definition) is 1. The molecule has 0 saturated heterocycles. The average molecular weight is 286 g/mol. The first kappa shape index (κ1) is 15.8. The Kier molecular flexibility index (Phi) is 5.19. The standard InChI is InChI=1S/C17H26N4/c1-4-9-21(15-7-5-14(19)6-8-15)17-10-12(2)20-13(3)16(17)11-18/h10,14-15H,4-9,19H2,1-3H3. The first-order chi connectivity index (χ1) is 10.1. The smallest absolute Gasteiger partial charge is 0.103 e. The lowest BCUT2D eigenvalue weighted by Crippen LogP contribution is -2.42. The first-order valence-corrected chi connectivity index (χ1v) is 7.97. The number of anilines is 1. The molecule has 0 aliphatic heterocycles. The van der Waals surface area contributed by atoms with Crippen LogP contribution >= 0.6 is 0 Å². The summed E-state index contributed by atoms with van der Waals surface area (Å²) in [4.78, 5) is 6.86. The van der Waals surface area contributed by atoms with Crippen LogP contribution in [0.5, 0.6) is 0 Å². The van der Waals surface area contributed by atoms with Crippen LogP contribution in [0, 0.1) is 25.2 Å². The topological polar surface area (TPSA) is 65.9 Å². The molecule has 0 atom stereocenters. The van der Waals surface area contributed by atoms with E-state index in [1.165, 1.54) is 0 Å². The summed E-state index contributed by atoms with van der Waals surface area (Å²) in [5, 5.41) is 9.51. The zero-order chi connectivity index (χ0) is 15.4. The largest absolute Gasteiger partial charge is 0.367 e. The summed E-state index contributed by atoms with van der Waals surface area (Å²) >= 11 is 0. The van der Waals surface area contributed by atoms with Gasteiger partial charge in [0, 0.05) is 24.3 Å². The lowest BCUT2D eigenvalue weighted by Gasteiger charge is -2.38. The van der Waals surface area contributed by atoms with Gasteiger partial charge in [-0.05, 0) is 52.0 Å². The fraction of sp³-hybridized carbons (Fsp3) is 0.647. The van der Waals surface area contributed by atoms with Crippen molar-refractivity contribution in [2.45, 2.75) is 65.0 Å². The van der Waals surface area contributed by atoms with Crippen molar-refractivity contribution in [3.05, 3.63) is 23.0 Å². The molecule has 1 aliphatic carbocycles. The summed E-state index contributed by atoms with van der Waals surface area (Å²) in [6, 6.07) is 5.26. The highest BCUT2D eigenvalue weighted by atomic mass is 15.2. The van der Waals surface area contributed by atoms with Crippen LogP contribution in [0.25, 0.3) is 0 Å². The molecule has 1 fully saturated rings. The van der Waals surface area contributed by atoms with E-state index in [0.717, 1.165) is 61.3 Å². The average Bonchev–Trinajstić information content (AvgIpc) is 2.45.